The van der Waals surface area contributed by atoms with E-state index in [1.807, 2.05) is 44.2 Å². The number of likely N-dealkylation sites (tertiary alicyclic amines) is 1. The molecule has 3 heterocycles. The van der Waals surface area contributed by atoms with Crippen molar-refractivity contribution < 1.29 is 18.3 Å². The molecule has 1 fully saturated rings. The average Bonchev–Trinajstić information content (AvgIpc) is 3.62. The number of aryl methyl sites for hydroxylation is 1. The number of hydrogen-bond donors (Lipinski definition) is 2. The predicted octanol–water partition coefficient (Wildman–Crippen LogP) is 5.13. The Morgan fingerprint density at radius 3 is 2.62 bits per heavy atom. The minimum absolute atomic E-state index is 0.224. The van der Waals surface area contributed by atoms with Gasteiger partial charge in [0.25, 0.3) is 0 Å². The summed E-state index contributed by atoms with van der Waals surface area (Å²) in [4.78, 5) is 20.8. The van der Waals surface area contributed by atoms with Gasteiger partial charge in [0.05, 0.1) is 28.2 Å². The lowest BCUT2D eigenvalue weighted by atomic mass is 9.94. The maximum atomic E-state index is 14.1. The fraction of sp³-hybridized carbons (Fsp3) is 0.321. The van der Waals surface area contributed by atoms with Crippen LogP contribution in [0.3, 0.4) is 0 Å². The van der Waals surface area contributed by atoms with Crippen LogP contribution < -0.4 is 10.6 Å². The van der Waals surface area contributed by atoms with Gasteiger partial charge in [-0.05, 0) is 43.7 Å². The van der Waals surface area contributed by atoms with Gasteiger partial charge in [-0.15, -0.1) is 11.3 Å². The number of hydrogen-bond acceptors (Lipinski definition) is 6. The first-order valence-corrected chi connectivity index (χ1v) is 13.5. The fourth-order valence-electron chi connectivity index (χ4n) is 4.93. The van der Waals surface area contributed by atoms with Crippen molar-refractivity contribution in [2.45, 2.75) is 25.8 Å². The molecule has 11 heteroatoms. The average molecular weight is 553 g/mol. The number of amides is 2. The van der Waals surface area contributed by atoms with Gasteiger partial charge in [-0.3, -0.25) is 10.2 Å². The Bertz CT molecular complexity index is 1460. The number of methoxy groups -OCH3 is 1. The molecule has 1 saturated heterocycles. The number of thiazole rings is 1. The van der Waals surface area contributed by atoms with Crippen LogP contribution in [0.15, 0.2) is 54.7 Å². The summed E-state index contributed by atoms with van der Waals surface area (Å²) in [6.07, 6.45) is 1.79. The van der Waals surface area contributed by atoms with Crippen molar-refractivity contribution in [3.8, 4) is 16.3 Å². The number of nitrogens with one attached hydrogen (secondary N) is 2. The van der Waals surface area contributed by atoms with Crippen LogP contribution in [0.25, 0.3) is 16.3 Å². The third-order valence-electron chi connectivity index (χ3n) is 6.91. The molecule has 2 aromatic carbocycles. The summed E-state index contributed by atoms with van der Waals surface area (Å²) in [5.41, 5.74) is 2.98. The summed E-state index contributed by atoms with van der Waals surface area (Å²) in [7, 11) is 1.63. The number of carbonyl (C=O) groups excluding carboxylic acids is 1. The minimum atomic E-state index is -0.903. The van der Waals surface area contributed by atoms with E-state index in [-0.39, 0.29) is 12.0 Å². The summed E-state index contributed by atoms with van der Waals surface area (Å²) in [6, 6.07) is 12.8. The van der Waals surface area contributed by atoms with E-state index >= 15 is 0 Å². The van der Waals surface area contributed by atoms with E-state index in [1.54, 1.807) is 24.1 Å². The van der Waals surface area contributed by atoms with E-state index in [9.17, 15) is 13.6 Å². The second kappa shape index (κ2) is 11.6. The molecule has 2 unspecified atom stereocenters. The predicted molar refractivity (Wildman–Crippen MR) is 148 cm³/mol. The number of carbonyl (C=O) groups is 1. The number of benzene rings is 2. The molecule has 0 aliphatic carbocycles. The number of halogens is 2. The number of anilines is 1. The van der Waals surface area contributed by atoms with E-state index < -0.39 is 17.7 Å². The lowest BCUT2D eigenvalue weighted by Crippen LogP contribution is -2.42. The van der Waals surface area contributed by atoms with E-state index in [4.69, 9.17) is 9.84 Å². The number of aromatic nitrogens is 3. The first kappa shape index (κ1) is 26.9. The van der Waals surface area contributed by atoms with E-state index in [0.29, 0.717) is 37.6 Å². The van der Waals surface area contributed by atoms with Crippen molar-refractivity contribution >= 4 is 23.2 Å². The molecular weight excluding hydrogens is 522 g/mol. The molecule has 2 aromatic heterocycles. The molecule has 1 aliphatic heterocycles. The summed E-state index contributed by atoms with van der Waals surface area (Å²) < 4.78 is 34.6. The Kier molecular flexibility index (Phi) is 8.01. The highest BCUT2D eigenvalue weighted by atomic mass is 32.1. The van der Waals surface area contributed by atoms with Crippen LogP contribution in [0.2, 0.25) is 0 Å². The number of urea groups is 1. The Hall–Kier alpha value is -3.67. The number of ether oxygens (including phenoxy) is 1. The van der Waals surface area contributed by atoms with Gasteiger partial charge in [-0.25, -0.2) is 23.2 Å². The molecule has 0 bridgehead atoms. The largest absolute Gasteiger partial charge is 0.383 e. The Labute approximate surface area is 229 Å². The van der Waals surface area contributed by atoms with Crippen molar-refractivity contribution in [1.29, 1.82) is 0 Å². The third-order valence-corrected chi connectivity index (χ3v) is 7.82. The number of rotatable bonds is 8. The van der Waals surface area contributed by atoms with Crippen molar-refractivity contribution in [1.82, 2.24) is 25.0 Å². The Balaban J connectivity index is 1.42. The standard InChI is InChI=1S/C28H30F2N6O2S/c1-17-26(25-14-31-18(2)39-25)34-36(20-7-5-4-6-8-20)27(17)33-28(37)32-24-16-35(11-12-38-3)15-21(24)19-9-10-22(29)23(30)13-19/h4-10,13-14,21,24H,11-12,15-16H2,1-3H3,(H2,32,33,37). The zero-order chi connectivity index (χ0) is 27.5. The van der Waals surface area contributed by atoms with Crippen LogP contribution >= 0.6 is 11.3 Å². The molecular formula is C28H30F2N6O2S. The van der Waals surface area contributed by atoms with Crippen molar-refractivity contribution in [2.75, 3.05) is 38.7 Å². The van der Waals surface area contributed by atoms with Crippen molar-refractivity contribution in [3.05, 3.63) is 82.5 Å². The highest BCUT2D eigenvalue weighted by Crippen LogP contribution is 2.34. The molecule has 39 heavy (non-hydrogen) atoms. The van der Waals surface area contributed by atoms with Crippen LogP contribution in [0, 0.1) is 25.5 Å². The van der Waals surface area contributed by atoms with Gasteiger partial charge < -0.3 is 10.1 Å². The first-order valence-electron chi connectivity index (χ1n) is 12.7. The molecule has 204 valence electrons. The quantitative estimate of drug-likeness (QED) is 0.317. The highest BCUT2D eigenvalue weighted by molar-refractivity contribution is 7.15. The van der Waals surface area contributed by atoms with E-state index in [2.05, 4.69) is 20.5 Å². The molecule has 4 aromatic rings. The summed E-state index contributed by atoms with van der Waals surface area (Å²) in [6.45, 7) is 6.16. The van der Waals surface area contributed by atoms with Crippen LogP contribution in [-0.4, -0.2) is 65.1 Å². The molecule has 0 saturated carbocycles. The van der Waals surface area contributed by atoms with Crippen molar-refractivity contribution in [2.24, 2.45) is 0 Å². The second-order valence-corrected chi connectivity index (χ2v) is 10.8. The molecule has 2 amide bonds. The molecule has 1 aliphatic rings. The maximum Gasteiger partial charge on any atom is 0.320 e. The van der Waals surface area contributed by atoms with Gasteiger partial charge in [-0.2, -0.15) is 5.10 Å². The molecule has 0 spiro atoms. The zero-order valence-electron chi connectivity index (χ0n) is 21.9. The van der Waals surface area contributed by atoms with Crippen LogP contribution in [-0.2, 0) is 4.74 Å². The Morgan fingerprint density at radius 2 is 1.92 bits per heavy atom. The monoisotopic (exact) mass is 552 g/mol. The molecule has 5 rings (SSSR count). The van der Waals surface area contributed by atoms with Gasteiger partial charge in [-0.1, -0.05) is 24.3 Å². The van der Waals surface area contributed by atoms with Gasteiger partial charge in [0, 0.05) is 44.4 Å². The second-order valence-electron chi connectivity index (χ2n) is 9.55. The van der Waals surface area contributed by atoms with Gasteiger partial charge >= 0.3 is 6.03 Å². The fourth-order valence-corrected chi connectivity index (χ4v) is 5.75. The van der Waals surface area contributed by atoms with E-state index in [0.717, 1.165) is 32.9 Å². The molecule has 2 atom stereocenters. The first-order chi connectivity index (χ1) is 18.8. The lowest BCUT2D eigenvalue weighted by Gasteiger charge is -2.21. The number of para-hydroxylation sites is 1. The normalized spacial score (nSPS) is 17.5. The Morgan fingerprint density at radius 1 is 1.13 bits per heavy atom. The zero-order valence-corrected chi connectivity index (χ0v) is 22.8. The maximum absolute atomic E-state index is 14.1. The van der Waals surface area contributed by atoms with Crippen molar-refractivity contribution in [3.63, 3.8) is 0 Å². The molecule has 0 radical (unpaired) electrons. The summed E-state index contributed by atoms with van der Waals surface area (Å²) in [5.74, 6) is -1.48. The third kappa shape index (κ3) is 5.85. The lowest BCUT2D eigenvalue weighted by molar-refractivity contribution is 0.159. The minimum Gasteiger partial charge on any atom is -0.383 e. The number of nitrogens with zero attached hydrogens (tertiary/aromatic N) is 4. The molecule has 2 N–H and O–H groups in total. The smallest absolute Gasteiger partial charge is 0.320 e. The van der Waals surface area contributed by atoms with Gasteiger partial charge in [0.2, 0.25) is 0 Å². The summed E-state index contributed by atoms with van der Waals surface area (Å²) >= 11 is 1.54. The summed E-state index contributed by atoms with van der Waals surface area (Å²) in [5, 5.41) is 11.8. The topological polar surface area (TPSA) is 84.3 Å². The molecule has 8 nitrogen and oxygen atoms in total. The van der Waals surface area contributed by atoms with Gasteiger partial charge in [0.1, 0.15) is 11.5 Å². The van der Waals surface area contributed by atoms with Crippen LogP contribution in [0.1, 0.15) is 22.1 Å². The van der Waals surface area contributed by atoms with Crippen LogP contribution in [0.4, 0.5) is 19.4 Å². The van der Waals surface area contributed by atoms with Crippen LogP contribution in [0.5, 0.6) is 0 Å². The highest BCUT2D eigenvalue weighted by Gasteiger charge is 2.35. The SMILES string of the molecule is COCCN1CC(NC(=O)Nc2c(C)c(-c3cnc(C)s3)nn2-c2ccccc2)C(c2ccc(F)c(F)c2)C1. The van der Waals surface area contributed by atoms with Gasteiger partial charge in [0.15, 0.2) is 11.6 Å². The van der Waals surface area contributed by atoms with E-state index in [1.165, 1.54) is 17.4 Å².